The van der Waals surface area contributed by atoms with E-state index in [9.17, 15) is 18.3 Å². The fraction of sp³-hybridized carbons (Fsp3) is 0.235. The molecule has 0 bridgehead atoms. The van der Waals surface area contributed by atoms with Crippen LogP contribution in [0.15, 0.2) is 41.3 Å². The zero-order chi connectivity index (χ0) is 16.6. The first kappa shape index (κ1) is 15.6. The molecule has 0 heterocycles. The largest absolute Gasteiger partial charge is 0.545 e. The van der Waals surface area contributed by atoms with Gasteiger partial charge in [-0.05, 0) is 66.6 Å². The number of hydrogen-bond donors (Lipinski definition) is 1. The molecule has 0 saturated carbocycles. The van der Waals surface area contributed by atoms with Gasteiger partial charge in [0, 0.05) is 0 Å². The fourth-order valence-corrected chi connectivity index (χ4v) is 3.95. The van der Waals surface area contributed by atoms with E-state index < -0.39 is 16.0 Å². The fourth-order valence-electron chi connectivity index (χ4n) is 2.78. The summed E-state index contributed by atoms with van der Waals surface area (Å²) in [5.41, 5.74) is 3.07. The highest BCUT2D eigenvalue weighted by molar-refractivity contribution is 7.92. The van der Waals surface area contributed by atoms with E-state index in [1.807, 2.05) is 6.07 Å². The van der Waals surface area contributed by atoms with Crippen molar-refractivity contribution in [1.29, 1.82) is 0 Å². The minimum Gasteiger partial charge on any atom is -0.545 e. The van der Waals surface area contributed by atoms with Crippen LogP contribution in [0.2, 0.25) is 0 Å². The minimum atomic E-state index is -3.76. The van der Waals surface area contributed by atoms with Crippen molar-refractivity contribution < 1.29 is 18.3 Å². The third-order valence-electron chi connectivity index (χ3n) is 4.10. The molecule has 1 N–H and O–H groups in total. The van der Waals surface area contributed by atoms with E-state index in [1.54, 1.807) is 25.1 Å². The maximum Gasteiger partial charge on any atom is 0.261 e. The summed E-state index contributed by atoms with van der Waals surface area (Å²) in [6.07, 6.45) is 2.91. The Morgan fingerprint density at radius 1 is 1.09 bits per heavy atom. The summed E-state index contributed by atoms with van der Waals surface area (Å²) in [5, 5.41) is 10.9. The summed E-state index contributed by atoms with van der Waals surface area (Å²) in [7, 11) is -3.76. The van der Waals surface area contributed by atoms with Crippen LogP contribution in [0, 0.1) is 6.92 Å². The van der Waals surface area contributed by atoms with Gasteiger partial charge < -0.3 is 9.90 Å². The molecule has 0 amide bonds. The van der Waals surface area contributed by atoms with Gasteiger partial charge in [0.1, 0.15) is 0 Å². The number of nitrogens with one attached hydrogen (secondary N) is 1. The summed E-state index contributed by atoms with van der Waals surface area (Å²) in [6.45, 7) is 1.71. The van der Waals surface area contributed by atoms with Gasteiger partial charge in [-0.15, -0.1) is 0 Å². The molecule has 1 aliphatic rings. The maximum absolute atomic E-state index is 12.6. The molecular formula is C17H16NO4S-. The lowest BCUT2D eigenvalue weighted by atomic mass is 10.1. The lowest BCUT2D eigenvalue weighted by Crippen LogP contribution is -2.22. The molecule has 0 radical (unpaired) electrons. The first-order chi connectivity index (χ1) is 10.9. The molecule has 6 heteroatoms. The van der Waals surface area contributed by atoms with Gasteiger partial charge in [0.2, 0.25) is 0 Å². The number of sulfonamides is 1. The predicted molar refractivity (Wildman–Crippen MR) is 84.8 cm³/mol. The molecule has 3 rings (SSSR count). The predicted octanol–water partition coefficient (Wildman–Crippen LogP) is 1.65. The Labute approximate surface area is 135 Å². The van der Waals surface area contributed by atoms with Crippen molar-refractivity contribution in [2.75, 3.05) is 4.72 Å². The van der Waals surface area contributed by atoms with Crippen molar-refractivity contribution in [3.8, 4) is 0 Å². The van der Waals surface area contributed by atoms with Crippen molar-refractivity contribution in [3.05, 3.63) is 58.7 Å². The normalized spacial score (nSPS) is 13.6. The average Bonchev–Trinajstić information content (AvgIpc) is 2.96. The quantitative estimate of drug-likeness (QED) is 0.923. The van der Waals surface area contributed by atoms with Crippen LogP contribution in [0.1, 0.15) is 33.5 Å². The number of benzene rings is 2. The van der Waals surface area contributed by atoms with Gasteiger partial charge >= 0.3 is 0 Å². The molecule has 0 fully saturated rings. The van der Waals surface area contributed by atoms with Gasteiger partial charge in [-0.2, -0.15) is 0 Å². The van der Waals surface area contributed by atoms with Gasteiger partial charge in [-0.1, -0.05) is 18.2 Å². The molecule has 2 aromatic carbocycles. The van der Waals surface area contributed by atoms with Gasteiger partial charge in [0.05, 0.1) is 16.6 Å². The Balaban J connectivity index is 1.95. The number of anilines is 1. The van der Waals surface area contributed by atoms with Crippen LogP contribution >= 0.6 is 0 Å². The first-order valence-electron chi connectivity index (χ1n) is 7.33. The van der Waals surface area contributed by atoms with Gasteiger partial charge in [0.15, 0.2) is 0 Å². The van der Waals surface area contributed by atoms with Crippen molar-refractivity contribution >= 4 is 21.7 Å². The lowest BCUT2D eigenvalue weighted by Gasteiger charge is -2.13. The topological polar surface area (TPSA) is 86.3 Å². The Morgan fingerprint density at radius 3 is 2.57 bits per heavy atom. The Kier molecular flexibility index (Phi) is 3.85. The summed E-state index contributed by atoms with van der Waals surface area (Å²) < 4.78 is 27.6. The van der Waals surface area contributed by atoms with Crippen LogP contribution in [0.25, 0.3) is 0 Å². The lowest BCUT2D eigenvalue weighted by molar-refractivity contribution is -0.255. The molecule has 5 nitrogen and oxygen atoms in total. The second-order valence-electron chi connectivity index (χ2n) is 5.71. The third-order valence-corrected chi connectivity index (χ3v) is 5.46. The van der Waals surface area contributed by atoms with Crippen molar-refractivity contribution in [3.63, 3.8) is 0 Å². The maximum atomic E-state index is 12.6. The number of rotatable bonds is 4. The Morgan fingerprint density at radius 2 is 1.83 bits per heavy atom. The number of fused-ring (bicyclic) bond motifs is 1. The zero-order valence-electron chi connectivity index (χ0n) is 12.6. The smallest absolute Gasteiger partial charge is 0.261 e. The number of carboxylic acids is 1. The second kappa shape index (κ2) is 5.70. The molecule has 0 aromatic heterocycles. The first-order valence-corrected chi connectivity index (χ1v) is 8.82. The van der Waals surface area contributed by atoms with E-state index in [4.69, 9.17) is 0 Å². The van der Waals surface area contributed by atoms with Crippen LogP contribution < -0.4 is 9.83 Å². The summed E-state index contributed by atoms with van der Waals surface area (Å²) in [4.78, 5) is 11.1. The monoisotopic (exact) mass is 330 g/mol. The number of aromatic carboxylic acids is 1. The van der Waals surface area contributed by atoms with E-state index in [0.717, 1.165) is 24.8 Å². The second-order valence-corrected chi connectivity index (χ2v) is 7.39. The molecule has 0 spiro atoms. The van der Waals surface area contributed by atoms with E-state index in [2.05, 4.69) is 4.72 Å². The van der Waals surface area contributed by atoms with Crippen molar-refractivity contribution in [2.24, 2.45) is 0 Å². The summed E-state index contributed by atoms with van der Waals surface area (Å²) >= 11 is 0. The molecule has 23 heavy (non-hydrogen) atoms. The summed E-state index contributed by atoms with van der Waals surface area (Å²) in [5.74, 6) is -1.34. The number of carbonyl (C=O) groups excluding carboxylic acids is 1. The van der Waals surface area contributed by atoms with E-state index in [1.165, 1.54) is 17.7 Å². The van der Waals surface area contributed by atoms with Gasteiger partial charge in [-0.3, -0.25) is 4.72 Å². The van der Waals surface area contributed by atoms with Crippen LogP contribution in [0.4, 0.5) is 5.69 Å². The molecule has 0 aliphatic heterocycles. The Bertz CT molecular complexity index is 887. The minimum absolute atomic E-state index is 0.0674. The standard InChI is InChI=1S/C17H17NO4S/c1-11-5-6-14(17(19)20)10-16(11)18-23(21,22)15-8-7-12-3-2-4-13(12)9-15/h5-10,18H,2-4H2,1H3,(H,19,20)/p-1. The molecule has 1 aliphatic carbocycles. The van der Waals surface area contributed by atoms with Crippen LogP contribution in [0.5, 0.6) is 0 Å². The highest BCUT2D eigenvalue weighted by Crippen LogP contribution is 2.26. The SMILES string of the molecule is Cc1ccc(C(=O)[O-])cc1NS(=O)(=O)c1ccc2c(c1)CCC2. The number of aryl methyl sites for hydroxylation is 3. The van der Waals surface area contributed by atoms with Crippen LogP contribution in [-0.4, -0.2) is 14.4 Å². The van der Waals surface area contributed by atoms with E-state index in [-0.39, 0.29) is 16.1 Å². The van der Waals surface area contributed by atoms with Crippen LogP contribution in [0.3, 0.4) is 0 Å². The molecule has 2 aromatic rings. The molecule has 0 unspecified atom stereocenters. The molecule has 0 atom stereocenters. The number of carboxylic acid groups (broad SMARTS) is 1. The highest BCUT2D eigenvalue weighted by atomic mass is 32.2. The zero-order valence-corrected chi connectivity index (χ0v) is 13.4. The molecular weight excluding hydrogens is 314 g/mol. The van der Waals surface area contributed by atoms with Crippen molar-refractivity contribution in [1.82, 2.24) is 0 Å². The van der Waals surface area contributed by atoms with Crippen molar-refractivity contribution in [2.45, 2.75) is 31.1 Å². The van der Waals surface area contributed by atoms with Gasteiger partial charge in [0.25, 0.3) is 10.0 Å². The number of carbonyl (C=O) groups is 1. The van der Waals surface area contributed by atoms with Gasteiger partial charge in [-0.25, -0.2) is 8.42 Å². The average molecular weight is 330 g/mol. The summed E-state index contributed by atoms with van der Waals surface area (Å²) in [6, 6.07) is 9.34. The van der Waals surface area contributed by atoms with Crippen LogP contribution in [-0.2, 0) is 22.9 Å². The third kappa shape index (κ3) is 3.07. The molecule has 120 valence electrons. The number of hydrogen-bond acceptors (Lipinski definition) is 4. The Hall–Kier alpha value is -2.34. The highest BCUT2D eigenvalue weighted by Gasteiger charge is 2.19. The van der Waals surface area contributed by atoms with E-state index in [0.29, 0.717) is 5.56 Å². The van der Waals surface area contributed by atoms with E-state index >= 15 is 0 Å². The molecule has 0 saturated heterocycles.